The van der Waals surface area contributed by atoms with E-state index in [2.05, 4.69) is 30.8 Å². The van der Waals surface area contributed by atoms with Gasteiger partial charge in [0.05, 0.1) is 5.71 Å². The van der Waals surface area contributed by atoms with Gasteiger partial charge < -0.3 is 5.21 Å². The monoisotopic (exact) mass is 369 g/mol. The smallest absolute Gasteiger partial charge is 0.263 e. The lowest BCUT2D eigenvalue weighted by molar-refractivity contribution is 0.319. The largest absolute Gasteiger partial charge is 0.411 e. The van der Waals surface area contributed by atoms with Crippen molar-refractivity contribution >= 4 is 37.4 Å². The van der Waals surface area contributed by atoms with E-state index in [1.165, 1.54) is 18.5 Å². The molecule has 0 unspecified atom stereocenters. The average molecular weight is 370 g/mol. The molecule has 1 aromatic carbocycles. The Morgan fingerprint density at radius 3 is 2.52 bits per heavy atom. The van der Waals surface area contributed by atoms with Crippen LogP contribution in [0.2, 0.25) is 0 Å². The van der Waals surface area contributed by atoms with Gasteiger partial charge in [-0.2, -0.15) is 0 Å². The van der Waals surface area contributed by atoms with E-state index >= 15 is 0 Å². The van der Waals surface area contributed by atoms with Gasteiger partial charge in [0.15, 0.2) is 0 Å². The second kappa shape index (κ2) is 6.23. The third kappa shape index (κ3) is 3.79. The van der Waals surface area contributed by atoms with E-state index in [0.717, 1.165) is 0 Å². The highest BCUT2D eigenvalue weighted by atomic mass is 79.9. The fraction of sp³-hybridized carbons (Fsp3) is 0.0769. The van der Waals surface area contributed by atoms with Gasteiger partial charge in [0.2, 0.25) is 0 Å². The molecule has 110 valence electrons. The van der Waals surface area contributed by atoms with E-state index in [4.69, 9.17) is 5.21 Å². The predicted octanol–water partition coefficient (Wildman–Crippen LogP) is 2.84. The van der Waals surface area contributed by atoms with Crippen LogP contribution in [0.4, 0.5) is 5.69 Å². The highest BCUT2D eigenvalue weighted by molar-refractivity contribution is 9.10. The Labute approximate surface area is 130 Å². The molecule has 1 heterocycles. The molecule has 0 radical (unpaired) electrons. The normalized spacial score (nSPS) is 12.2. The van der Waals surface area contributed by atoms with Gasteiger partial charge >= 0.3 is 0 Å². The molecule has 0 spiro atoms. The fourth-order valence-corrected chi connectivity index (χ4v) is 3.15. The standard InChI is InChI=1S/C13H12BrN3O3S/c1-9(16-18)10-2-4-12(5-3-10)17-21(19,20)13-6-11(14)7-15-8-13/h2-8,17-18H,1H3. The number of nitrogens with zero attached hydrogens (tertiary/aromatic N) is 2. The summed E-state index contributed by atoms with van der Waals surface area (Å²) < 4.78 is 27.4. The summed E-state index contributed by atoms with van der Waals surface area (Å²) in [6.07, 6.45) is 2.77. The topological polar surface area (TPSA) is 91.7 Å². The minimum absolute atomic E-state index is 0.0639. The summed E-state index contributed by atoms with van der Waals surface area (Å²) in [6, 6.07) is 7.96. The van der Waals surface area contributed by atoms with E-state index in [0.29, 0.717) is 21.4 Å². The molecule has 2 aromatic rings. The molecule has 0 saturated carbocycles. The van der Waals surface area contributed by atoms with E-state index in [1.807, 2.05) is 0 Å². The lowest BCUT2D eigenvalue weighted by Gasteiger charge is -2.08. The lowest BCUT2D eigenvalue weighted by Crippen LogP contribution is -2.13. The van der Waals surface area contributed by atoms with Gasteiger partial charge in [-0.25, -0.2) is 8.42 Å². The van der Waals surface area contributed by atoms with Crippen molar-refractivity contribution in [1.29, 1.82) is 0 Å². The Morgan fingerprint density at radius 1 is 1.29 bits per heavy atom. The molecule has 0 bridgehead atoms. The van der Waals surface area contributed by atoms with Crippen molar-refractivity contribution in [2.75, 3.05) is 4.72 Å². The molecule has 1 aromatic heterocycles. The molecule has 0 saturated heterocycles. The van der Waals surface area contributed by atoms with Crippen molar-refractivity contribution in [2.45, 2.75) is 11.8 Å². The van der Waals surface area contributed by atoms with E-state index in [-0.39, 0.29) is 4.90 Å². The van der Waals surface area contributed by atoms with Crippen molar-refractivity contribution in [1.82, 2.24) is 4.98 Å². The number of hydrogen-bond donors (Lipinski definition) is 2. The van der Waals surface area contributed by atoms with Crippen molar-refractivity contribution in [3.63, 3.8) is 0 Å². The van der Waals surface area contributed by atoms with Crippen LogP contribution in [0.3, 0.4) is 0 Å². The van der Waals surface area contributed by atoms with Crippen molar-refractivity contribution < 1.29 is 13.6 Å². The van der Waals surface area contributed by atoms with Crippen LogP contribution in [-0.4, -0.2) is 24.3 Å². The quantitative estimate of drug-likeness (QED) is 0.492. The van der Waals surface area contributed by atoms with Crippen molar-refractivity contribution in [3.05, 3.63) is 52.8 Å². The number of halogens is 1. The second-order valence-corrected chi connectivity index (χ2v) is 6.81. The molecule has 0 fully saturated rings. The summed E-state index contributed by atoms with van der Waals surface area (Å²) in [5.74, 6) is 0. The first-order valence-electron chi connectivity index (χ1n) is 5.85. The molecule has 21 heavy (non-hydrogen) atoms. The van der Waals surface area contributed by atoms with Gasteiger partial charge in [0, 0.05) is 22.6 Å². The minimum atomic E-state index is -3.70. The Hall–Kier alpha value is -1.93. The summed E-state index contributed by atoms with van der Waals surface area (Å²) in [6.45, 7) is 1.65. The van der Waals surface area contributed by atoms with Crippen LogP contribution in [0.15, 0.2) is 57.2 Å². The Balaban J connectivity index is 2.25. The minimum Gasteiger partial charge on any atom is -0.411 e. The third-order valence-electron chi connectivity index (χ3n) is 2.69. The highest BCUT2D eigenvalue weighted by Crippen LogP contribution is 2.19. The van der Waals surface area contributed by atoms with Gasteiger partial charge in [-0.3, -0.25) is 9.71 Å². The molecule has 6 nitrogen and oxygen atoms in total. The fourth-order valence-electron chi connectivity index (χ4n) is 1.59. The number of benzene rings is 1. The molecule has 0 aliphatic rings. The number of nitrogens with one attached hydrogen (secondary N) is 1. The lowest BCUT2D eigenvalue weighted by atomic mass is 10.1. The van der Waals surface area contributed by atoms with Gasteiger partial charge in [0.1, 0.15) is 4.90 Å². The summed E-state index contributed by atoms with van der Waals surface area (Å²) >= 11 is 3.18. The van der Waals surface area contributed by atoms with E-state index < -0.39 is 10.0 Å². The van der Waals surface area contributed by atoms with Gasteiger partial charge in [-0.1, -0.05) is 17.3 Å². The SMILES string of the molecule is CC(=NO)c1ccc(NS(=O)(=O)c2cncc(Br)c2)cc1. The number of pyridine rings is 1. The molecule has 0 aliphatic heterocycles. The summed E-state index contributed by atoms with van der Waals surface area (Å²) in [4.78, 5) is 3.89. The van der Waals surface area contributed by atoms with Crippen LogP contribution in [0.1, 0.15) is 12.5 Å². The average Bonchev–Trinajstić information content (AvgIpc) is 2.47. The number of anilines is 1. The van der Waals surface area contributed by atoms with Crippen LogP contribution in [-0.2, 0) is 10.0 Å². The van der Waals surface area contributed by atoms with Crippen molar-refractivity contribution in [3.8, 4) is 0 Å². The summed E-state index contributed by atoms with van der Waals surface area (Å²) in [5.41, 5.74) is 1.55. The number of oxime groups is 1. The molecule has 0 atom stereocenters. The Morgan fingerprint density at radius 2 is 1.95 bits per heavy atom. The van der Waals surface area contributed by atoms with Crippen LogP contribution >= 0.6 is 15.9 Å². The number of rotatable bonds is 4. The van der Waals surface area contributed by atoms with Crippen LogP contribution in [0.5, 0.6) is 0 Å². The van der Waals surface area contributed by atoms with E-state index in [9.17, 15) is 8.42 Å². The number of aromatic nitrogens is 1. The molecule has 8 heteroatoms. The molecule has 0 aliphatic carbocycles. The zero-order valence-electron chi connectivity index (χ0n) is 11.0. The maximum atomic E-state index is 12.2. The number of sulfonamides is 1. The molecule has 2 rings (SSSR count). The van der Waals surface area contributed by atoms with Crippen LogP contribution < -0.4 is 4.72 Å². The van der Waals surface area contributed by atoms with Crippen LogP contribution in [0.25, 0.3) is 0 Å². The van der Waals surface area contributed by atoms with Crippen LogP contribution in [0, 0.1) is 0 Å². The first-order chi connectivity index (χ1) is 9.92. The van der Waals surface area contributed by atoms with Crippen molar-refractivity contribution in [2.24, 2.45) is 5.16 Å². The Bertz CT molecular complexity index is 774. The predicted molar refractivity (Wildman–Crippen MR) is 83.2 cm³/mol. The first kappa shape index (κ1) is 15.5. The zero-order chi connectivity index (χ0) is 15.5. The summed E-state index contributed by atoms with van der Waals surface area (Å²) in [5, 5.41) is 11.8. The first-order valence-corrected chi connectivity index (χ1v) is 8.12. The molecule has 2 N–H and O–H groups in total. The van der Waals surface area contributed by atoms with Gasteiger partial charge in [-0.05, 0) is 46.6 Å². The van der Waals surface area contributed by atoms with Gasteiger partial charge in [0.25, 0.3) is 10.0 Å². The van der Waals surface area contributed by atoms with Gasteiger partial charge in [-0.15, -0.1) is 0 Å². The molecular formula is C13H12BrN3O3S. The highest BCUT2D eigenvalue weighted by Gasteiger charge is 2.15. The van der Waals surface area contributed by atoms with E-state index in [1.54, 1.807) is 31.2 Å². The number of hydrogen-bond acceptors (Lipinski definition) is 5. The molecular weight excluding hydrogens is 358 g/mol. The maximum Gasteiger partial charge on any atom is 0.263 e. The Kier molecular flexibility index (Phi) is 4.59. The third-order valence-corrected chi connectivity index (χ3v) is 4.48. The molecule has 0 amide bonds. The second-order valence-electron chi connectivity index (χ2n) is 4.21. The zero-order valence-corrected chi connectivity index (χ0v) is 13.4. The maximum absolute atomic E-state index is 12.2. The summed E-state index contributed by atoms with van der Waals surface area (Å²) in [7, 11) is -3.70.